The van der Waals surface area contributed by atoms with Crippen LogP contribution in [0.25, 0.3) is 121 Å². The van der Waals surface area contributed by atoms with Crippen molar-refractivity contribution in [2.45, 2.75) is 0 Å². The summed E-state index contributed by atoms with van der Waals surface area (Å²) >= 11 is 0. The van der Waals surface area contributed by atoms with Crippen LogP contribution in [0.15, 0.2) is 218 Å². The number of hydrogen-bond acceptors (Lipinski definition) is 2. The molecular weight excluding hydrogens is 753 g/mol. The van der Waals surface area contributed by atoms with Crippen LogP contribution in [0, 0.1) is 0 Å². The number of fused-ring (bicyclic) bond motifs is 13. The Bertz CT molecular complexity index is 3880. The molecular formula is C58H36N4. The Hall–Kier alpha value is -8.34. The van der Waals surface area contributed by atoms with Crippen LogP contribution in [-0.2, 0) is 0 Å². The van der Waals surface area contributed by atoms with Crippen molar-refractivity contribution < 1.29 is 0 Å². The van der Waals surface area contributed by atoms with Crippen LogP contribution in [0.1, 0.15) is 0 Å². The van der Waals surface area contributed by atoms with Crippen LogP contribution in [0.5, 0.6) is 0 Å². The van der Waals surface area contributed by atoms with Gasteiger partial charge in [-0.25, -0.2) is 9.97 Å². The fourth-order valence-corrected chi connectivity index (χ4v) is 9.97. The van der Waals surface area contributed by atoms with Crippen molar-refractivity contribution in [3.8, 4) is 45.1 Å². The van der Waals surface area contributed by atoms with E-state index in [-0.39, 0.29) is 0 Å². The third kappa shape index (κ3) is 5.14. The van der Waals surface area contributed by atoms with E-state index in [9.17, 15) is 0 Å². The van der Waals surface area contributed by atoms with Crippen molar-refractivity contribution in [1.29, 1.82) is 0 Å². The Balaban J connectivity index is 1.12. The molecule has 13 aromatic rings. The van der Waals surface area contributed by atoms with E-state index in [1.54, 1.807) is 0 Å². The summed E-state index contributed by atoms with van der Waals surface area (Å²) in [5, 5.41) is 10.8. The molecule has 62 heavy (non-hydrogen) atoms. The Morgan fingerprint density at radius 3 is 1.44 bits per heavy atom. The van der Waals surface area contributed by atoms with Crippen molar-refractivity contribution in [1.82, 2.24) is 19.1 Å². The Morgan fingerprint density at radius 1 is 0.274 bits per heavy atom. The van der Waals surface area contributed by atoms with E-state index in [1.807, 2.05) is 0 Å². The largest absolute Gasteiger partial charge is 0.309 e. The fourth-order valence-electron chi connectivity index (χ4n) is 9.97. The maximum Gasteiger partial charge on any atom is 0.235 e. The van der Waals surface area contributed by atoms with Gasteiger partial charge in [0.15, 0.2) is 0 Å². The van der Waals surface area contributed by atoms with Gasteiger partial charge in [-0.2, -0.15) is 0 Å². The molecule has 0 atom stereocenters. The maximum absolute atomic E-state index is 5.48. The standard InChI is InChI=1S/C58H36N4/c1-3-15-37(16-4-1)39-27-29-41(30-28-39)56-47-23-11-13-25-49(47)59-58(60-56)62-50-26-14-12-24-48(50)53-51(62)35-36-52-55(53)54-45-21-9-7-19-43(45)44-20-8-10-22-46(44)57(54)61(52)42-33-31-40(32-34-42)38-17-5-2-6-18-38/h1-36H. The topological polar surface area (TPSA) is 35.6 Å². The van der Waals surface area contributed by atoms with Crippen molar-refractivity contribution in [3.05, 3.63) is 218 Å². The third-order valence-electron chi connectivity index (χ3n) is 12.7. The summed E-state index contributed by atoms with van der Waals surface area (Å²) in [6.07, 6.45) is 0. The SMILES string of the molecule is c1ccc(-c2ccc(-c3nc(-n4c5ccccc5c5c6c7c8ccccc8c8ccccc8c7n(-c7ccc(-c8ccccc8)cc7)c6ccc54)nc4ccccc34)cc2)cc1. The van der Waals surface area contributed by atoms with E-state index in [4.69, 9.17) is 9.97 Å². The molecule has 0 spiro atoms. The molecule has 10 aromatic carbocycles. The van der Waals surface area contributed by atoms with E-state index in [0.717, 1.165) is 49.8 Å². The molecule has 0 bridgehead atoms. The van der Waals surface area contributed by atoms with Gasteiger partial charge >= 0.3 is 0 Å². The highest BCUT2D eigenvalue weighted by Crippen LogP contribution is 2.47. The van der Waals surface area contributed by atoms with Gasteiger partial charge in [-0.1, -0.05) is 182 Å². The summed E-state index contributed by atoms with van der Waals surface area (Å²) in [7, 11) is 0. The lowest BCUT2D eigenvalue weighted by molar-refractivity contribution is 1.01. The molecule has 3 heterocycles. The first kappa shape index (κ1) is 34.5. The Kier molecular flexibility index (Phi) is 7.57. The van der Waals surface area contributed by atoms with E-state index in [0.29, 0.717) is 5.95 Å². The molecule has 0 aliphatic carbocycles. The number of para-hydroxylation sites is 2. The first-order valence-corrected chi connectivity index (χ1v) is 21.2. The van der Waals surface area contributed by atoms with Crippen LogP contribution < -0.4 is 0 Å². The molecule has 0 unspecified atom stereocenters. The zero-order valence-corrected chi connectivity index (χ0v) is 33.6. The second kappa shape index (κ2) is 13.6. The van der Waals surface area contributed by atoms with Gasteiger partial charge in [0, 0.05) is 43.6 Å². The average Bonchev–Trinajstić information content (AvgIpc) is 3.88. The molecule has 0 saturated heterocycles. The van der Waals surface area contributed by atoms with Gasteiger partial charge in [0.25, 0.3) is 0 Å². The molecule has 0 aliphatic heterocycles. The molecule has 0 aliphatic rings. The highest BCUT2D eigenvalue weighted by atomic mass is 15.2. The van der Waals surface area contributed by atoms with Crippen molar-refractivity contribution in [2.24, 2.45) is 0 Å². The minimum absolute atomic E-state index is 0.645. The van der Waals surface area contributed by atoms with Gasteiger partial charge < -0.3 is 4.57 Å². The number of aromatic nitrogens is 4. The number of hydrogen-bond donors (Lipinski definition) is 0. The number of nitrogens with zero attached hydrogens (tertiary/aromatic N) is 4. The molecule has 3 aromatic heterocycles. The van der Waals surface area contributed by atoms with Gasteiger partial charge in [-0.15, -0.1) is 0 Å². The highest BCUT2D eigenvalue weighted by Gasteiger charge is 2.25. The maximum atomic E-state index is 5.48. The van der Waals surface area contributed by atoms with Gasteiger partial charge in [0.1, 0.15) is 0 Å². The average molecular weight is 789 g/mol. The smallest absolute Gasteiger partial charge is 0.235 e. The Labute approximate surface area is 357 Å². The Morgan fingerprint density at radius 2 is 0.758 bits per heavy atom. The lowest BCUT2D eigenvalue weighted by atomic mass is 9.95. The van der Waals surface area contributed by atoms with Gasteiger partial charge in [0.2, 0.25) is 5.95 Å². The first-order valence-electron chi connectivity index (χ1n) is 21.2. The van der Waals surface area contributed by atoms with Crippen LogP contribution >= 0.6 is 0 Å². The second-order valence-corrected chi connectivity index (χ2v) is 16.1. The number of benzene rings is 10. The van der Waals surface area contributed by atoms with Crippen LogP contribution in [-0.4, -0.2) is 19.1 Å². The van der Waals surface area contributed by atoms with Crippen molar-refractivity contribution in [3.63, 3.8) is 0 Å². The zero-order valence-electron chi connectivity index (χ0n) is 33.6. The van der Waals surface area contributed by atoms with Gasteiger partial charge in [-0.3, -0.25) is 4.57 Å². The van der Waals surface area contributed by atoms with Gasteiger partial charge in [-0.05, 0) is 74.8 Å². The fraction of sp³-hybridized carbons (Fsp3) is 0. The normalized spacial score (nSPS) is 11.9. The molecule has 0 N–H and O–H groups in total. The third-order valence-corrected chi connectivity index (χ3v) is 12.7. The van der Waals surface area contributed by atoms with E-state index >= 15 is 0 Å². The lowest BCUT2D eigenvalue weighted by Gasteiger charge is -2.13. The molecule has 288 valence electrons. The van der Waals surface area contributed by atoms with E-state index in [1.165, 1.54) is 65.5 Å². The molecule has 4 nitrogen and oxygen atoms in total. The molecule has 0 fully saturated rings. The molecule has 0 saturated carbocycles. The first-order chi connectivity index (χ1) is 30.8. The highest BCUT2D eigenvalue weighted by molar-refractivity contribution is 6.38. The lowest BCUT2D eigenvalue weighted by Crippen LogP contribution is -2.03. The van der Waals surface area contributed by atoms with Crippen LogP contribution in [0.3, 0.4) is 0 Å². The van der Waals surface area contributed by atoms with Crippen LogP contribution in [0.4, 0.5) is 0 Å². The summed E-state index contributed by atoms with van der Waals surface area (Å²) in [5.74, 6) is 0.645. The summed E-state index contributed by atoms with van der Waals surface area (Å²) in [4.78, 5) is 10.8. The van der Waals surface area contributed by atoms with E-state index in [2.05, 4.69) is 228 Å². The summed E-state index contributed by atoms with van der Waals surface area (Å²) in [6, 6.07) is 78.4. The predicted octanol–water partition coefficient (Wildman–Crippen LogP) is 15.1. The summed E-state index contributed by atoms with van der Waals surface area (Å²) < 4.78 is 4.77. The zero-order chi connectivity index (χ0) is 40.7. The molecule has 0 amide bonds. The quantitative estimate of drug-likeness (QED) is 0.163. The van der Waals surface area contributed by atoms with Crippen LogP contribution in [0.2, 0.25) is 0 Å². The van der Waals surface area contributed by atoms with Crippen molar-refractivity contribution >= 4 is 76.1 Å². The second-order valence-electron chi connectivity index (χ2n) is 16.1. The molecule has 4 heteroatoms. The molecule has 13 rings (SSSR count). The summed E-state index contributed by atoms with van der Waals surface area (Å²) in [6.45, 7) is 0. The van der Waals surface area contributed by atoms with E-state index < -0.39 is 0 Å². The molecule has 0 radical (unpaired) electrons. The predicted molar refractivity (Wildman–Crippen MR) is 260 cm³/mol. The number of rotatable bonds is 5. The van der Waals surface area contributed by atoms with Gasteiger partial charge in [0.05, 0.1) is 33.3 Å². The summed E-state index contributed by atoms with van der Waals surface area (Å²) in [5.41, 5.74) is 13.2. The monoisotopic (exact) mass is 788 g/mol. The van der Waals surface area contributed by atoms with Crippen molar-refractivity contribution in [2.75, 3.05) is 0 Å². The minimum atomic E-state index is 0.645. The minimum Gasteiger partial charge on any atom is -0.309 e.